The summed E-state index contributed by atoms with van der Waals surface area (Å²) in [4.78, 5) is 0. The third kappa shape index (κ3) is 3.09. The summed E-state index contributed by atoms with van der Waals surface area (Å²) in [5.41, 5.74) is 2.62. The van der Waals surface area contributed by atoms with E-state index < -0.39 is 0 Å². The van der Waals surface area contributed by atoms with E-state index in [0.29, 0.717) is 12.1 Å². The van der Waals surface area contributed by atoms with Crippen molar-refractivity contribution >= 4 is 0 Å². The van der Waals surface area contributed by atoms with E-state index in [2.05, 4.69) is 24.3 Å². The van der Waals surface area contributed by atoms with Crippen LogP contribution in [0.15, 0.2) is 6.20 Å². The van der Waals surface area contributed by atoms with Crippen molar-refractivity contribution in [1.29, 1.82) is 0 Å². The van der Waals surface area contributed by atoms with Crippen LogP contribution in [0.5, 0.6) is 0 Å². The van der Waals surface area contributed by atoms with Crippen molar-refractivity contribution in [3.8, 4) is 0 Å². The van der Waals surface area contributed by atoms with Crippen molar-refractivity contribution in [2.75, 3.05) is 0 Å². The molecule has 1 aromatic heterocycles. The fourth-order valence-electron chi connectivity index (χ4n) is 2.83. The molecule has 17 heavy (non-hydrogen) atoms. The van der Waals surface area contributed by atoms with Gasteiger partial charge < -0.3 is 5.32 Å². The van der Waals surface area contributed by atoms with Gasteiger partial charge in [-0.25, -0.2) is 0 Å². The molecule has 3 nitrogen and oxygen atoms in total. The molecule has 96 valence electrons. The first-order chi connectivity index (χ1) is 8.18. The minimum absolute atomic E-state index is 0.423. The highest BCUT2D eigenvalue weighted by atomic mass is 15.3. The number of rotatable bonds is 3. The number of nitrogens with zero attached hydrogens (tertiary/aromatic N) is 2. The van der Waals surface area contributed by atoms with E-state index in [1.165, 1.54) is 49.8 Å². The van der Waals surface area contributed by atoms with Gasteiger partial charge in [0.05, 0.1) is 6.20 Å². The minimum Gasteiger partial charge on any atom is -0.307 e. The highest BCUT2D eigenvalue weighted by molar-refractivity contribution is 5.19. The standard InChI is InChI=1S/C14H25N3/c1-11(14-10-15-17(3)12(14)2)16-13-8-6-4-5-7-9-13/h10-11,13,16H,4-9H2,1-3H3. The molecule has 1 fully saturated rings. The lowest BCUT2D eigenvalue weighted by Gasteiger charge is -2.22. The number of aryl methyl sites for hydroxylation is 1. The molecule has 0 radical (unpaired) electrons. The first-order valence-corrected chi connectivity index (χ1v) is 6.93. The van der Waals surface area contributed by atoms with Gasteiger partial charge in [0.1, 0.15) is 0 Å². The quantitative estimate of drug-likeness (QED) is 0.816. The number of hydrogen-bond donors (Lipinski definition) is 1. The van der Waals surface area contributed by atoms with Gasteiger partial charge in [0, 0.05) is 30.4 Å². The molecule has 0 bridgehead atoms. The summed E-state index contributed by atoms with van der Waals surface area (Å²) in [6.45, 7) is 4.41. The summed E-state index contributed by atoms with van der Waals surface area (Å²) in [6.07, 6.45) is 10.3. The number of aromatic nitrogens is 2. The first-order valence-electron chi connectivity index (χ1n) is 6.93. The molecule has 1 atom stereocenters. The Labute approximate surface area is 105 Å². The van der Waals surface area contributed by atoms with Crippen molar-refractivity contribution < 1.29 is 0 Å². The van der Waals surface area contributed by atoms with Gasteiger partial charge in [0.25, 0.3) is 0 Å². The largest absolute Gasteiger partial charge is 0.307 e. The molecule has 1 N–H and O–H groups in total. The van der Waals surface area contributed by atoms with Crippen LogP contribution in [0, 0.1) is 6.92 Å². The van der Waals surface area contributed by atoms with E-state index in [9.17, 15) is 0 Å². The molecule has 1 unspecified atom stereocenters. The van der Waals surface area contributed by atoms with E-state index in [1.807, 2.05) is 17.9 Å². The Morgan fingerprint density at radius 3 is 2.47 bits per heavy atom. The van der Waals surface area contributed by atoms with Crippen molar-refractivity contribution in [3.05, 3.63) is 17.5 Å². The van der Waals surface area contributed by atoms with Gasteiger partial charge in [0.15, 0.2) is 0 Å². The fourth-order valence-corrected chi connectivity index (χ4v) is 2.83. The maximum Gasteiger partial charge on any atom is 0.0540 e. The highest BCUT2D eigenvalue weighted by Crippen LogP contribution is 2.22. The monoisotopic (exact) mass is 235 g/mol. The SMILES string of the molecule is Cc1c(C(C)NC2CCCCCC2)cnn1C. The Morgan fingerprint density at radius 1 is 1.29 bits per heavy atom. The molecule has 0 saturated heterocycles. The van der Waals surface area contributed by atoms with Crippen molar-refractivity contribution in [3.63, 3.8) is 0 Å². The van der Waals surface area contributed by atoms with Crippen molar-refractivity contribution in [2.24, 2.45) is 7.05 Å². The van der Waals surface area contributed by atoms with Crippen LogP contribution < -0.4 is 5.32 Å². The zero-order valence-corrected chi connectivity index (χ0v) is 11.4. The molecule has 1 heterocycles. The molecule has 0 spiro atoms. The Kier molecular flexibility index (Phi) is 4.21. The first kappa shape index (κ1) is 12.6. The van der Waals surface area contributed by atoms with Gasteiger partial charge in [-0.05, 0) is 26.7 Å². The van der Waals surface area contributed by atoms with Crippen LogP contribution in [0.3, 0.4) is 0 Å². The maximum atomic E-state index is 4.33. The Balaban J connectivity index is 1.95. The second-order valence-corrected chi connectivity index (χ2v) is 5.39. The Morgan fingerprint density at radius 2 is 1.94 bits per heavy atom. The zero-order chi connectivity index (χ0) is 12.3. The van der Waals surface area contributed by atoms with Gasteiger partial charge >= 0.3 is 0 Å². The van der Waals surface area contributed by atoms with E-state index in [1.54, 1.807) is 0 Å². The normalized spacial score (nSPS) is 20.2. The topological polar surface area (TPSA) is 29.9 Å². The van der Waals surface area contributed by atoms with Crippen LogP contribution in [0.4, 0.5) is 0 Å². The van der Waals surface area contributed by atoms with Gasteiger partial charge in [-0.1, -0.05) is 25.7 Å². The van der Waals surface area contributed by atoms with Crippen molar-refractivity contribution in [1.82, 2.24) is 15.1 Å². The third-order valence-corrected chi connectivity index (χ3v) is 4.08. The van der Waals surface area contributed by atoms with Crippen LogP contribution in [0.25, 0.3) is 0 Å². The molecule has 0 aliphatic heterocycles. The van der Waals surface area contributed by atoms with Crippen LogP contribution in [0.2, 0.25) is 0 Å². The zero-order valence-electron chi connectivity index (χ0n) is 11.4. The average Bonchev–Trinajstić information content (AvgIpc) is 2.55. The second kappa shape index (κ2) is 5.67. The van der Waals surface area contributed by atoms with Crippen molar-refractivity contribution in [2.45, 2.75) is 64.5 Å². The van der Waals surface area contributed by atoms with Gasteiger partial charge in [-0.2, -0.15) is 5.10 Å². The summed E-state index contributed by atoms with van der Waals surface area (Å²) < 4.78 is 1.96. The lowest BCUT2D eigenvalue weighted by molar-refractivity contribution is 0.413. The lowest BCUT2D eigenvalue weighted by Crippen LogP contribution is -2.31. The summed E-state index contributed by atoms with van der Waals surface area (Å²) in [7, 11) is 2.01. The van der Waals surface area contributed by atoms with E-state index in [0.717, 1.165) is 0 Å². The van der Waals surface area contributed by atoms with Crippen LogP contribution >= 0.6 is 0 Å². The van der Waals surface area contributed by atoms with E-state index >= 15 is 0 Å². The molecule has 1 saturated carbocycles. The minimum atomic E-state index is 0.423. The van der Waals surface area contributed by atoms with E-state index in [4.69, 9.17) is 0 Å². The molecule has 2 rings (SSSR count). The Hall–Kier alpha value is -0.830. The van der Waals surface area contributed by atoms with Crippen LogP contribution in [-0.2, 0) is 7.05 Å². The third-order valence-electron chi connectivity index (χ3n) is 4.08. The number of nitrogens with one attached hydrogen (secondary N) is 1. The molecule has 0 amide bonds. The van der Waals surface area contributed by atoms with Crippen LogP contribution in [0.1, 0.15) is 62.7 Å². The summed E-state index contributed by atoms with van der Waals surface area (Å²) in [5.74, 6) is 0. The highest BCUT2D eigenvalue weighted by Gasteiger charge is 2.17. The predicted molar refractivity (Wildman–Crippen MR) is 71.0 cm³/mol. The molecule has 0 aromatic carbocycles. The predicted octanol–water partition coefficient (Wildman–Crippen LogP) is 3.10. The summed E-state index contributed by atoms with van der Waals surface area (Å²) >= 11 is 0. The van der Waals surface area contributed by atoms with Gasteiger partial charge in [-0.15, -0.1) is 0 Å². The summed E-state index contributed by atoms with van der Waals surface area (Å²) in [5, 5.41) is 8.10. The van der Waals surface area contributed by atoms with Gasteiger partial charge in [-0.3, -0.25) is 4.68 Å². The molecule has 1 aliphatic rings. The summed E-state index contributed by atoms with van der Waals surface area (Å²) in [6, 6.07) is 1.12. The molecule has 1 aliphatic carbocycles. The molecular weight excluding hydrogens is 210 g/mol. The molecule has 1 aromatic rings. The maximum absolute atomic E-state index is 4.33. The number of hydrogen-bond acceptors (Lipinski definition) is 2. The van der Waals surface area contributed by atoms with E-state index in [-0.39, 0.29) is 0 Å². The average molecular weight is 235 g/mol. The Bertz CT molecular complexity index is 348. The van der Waals surface area contributed by atoms with Gasteiger partial charge in [0.2, 0.25) is 0 Å². The second-order valence-electron chi connectivity index (χ2n) is 5.39. The molecular formula is C14H25N3. The smallest absolute Gasteiger partial charge is 0.0540 e. The fraction of sp³-hybridized carbons (Fsp3) is 0.786. The molecule has 3 heteroatoms. The van der Waals surface area contributed by atoms with Crippen LogP contribution in [-0.4, -0.2) is 15.8 Å². The lowest BCUT2D eigenvalue weighted by atomic mass is 10.0.